The molecule has 0 radical (unpaired) electrons. The largest absolute Gasteiger partial charge is 0.490 e. The van der Waals surface area contributed by atoms with Gasteiger partial charge in [-0.05, 0) is 79.4 Å². The lowest BCUT2D eigenvalue weighted by atomic mass is 9.81. The average Bonchev–Trinajstić information content (AvgIpc) is 2.90. The Bertz CT molecular complexity index is 981. The third kappa shape index (κ3) is 6.79. The van der Waals surface area contributed by atoms with Crippen molar-refractivity contribution in [3.63, 3.8) is 0 Å². The zero-order valence-corrected chi connectivity index (χ0v) is 20.4. The molecule has 3 saturated heterocycles. The molecule has 6 rings (SSSR count). The summed E-state index contributed by atoms with van der Waals surface area (Å²) >= 11 is 0. The number of carboxylic acids is 1. The number of hydrogen-bond donors (Lipinski definition) is 2. The van der Waals surface area contributed by atoms with Gasteiger partial charge in [0.25, 0.3) is 0 Å². The Labute approximate surface area is 210 Å². The number of alkyl halides is 3. The summed E-state index contributed by atoms with van der Waals surface area (Å²) in [6.07, 6.45) is 4.48. The Kier molecular flexibility index (Phi) is 8.57. The number of ether oxygens (including phenoxy) is 1. The van der Waals surface area contributed by atoms with Crippen molar-refractivity contribution in [1.82, 2.24) is 4.90 Å². The SMILES string of the molecule is NC(c1ccc(-c2ccc(OC3CN4CCC3CC4)cc2)cc1)C1CCCCC1.O=C(O)C(F)(F)F. The Hall–Kier alpha value is -2.58. The number of hydrogen-bond acceptors (Lipinski definition) is 4. The van der Waals surface area contributed by atoms with E-state index in [-0.39, 0.29) is 6.04 Å². The second kappa shape index (κ2) is 11.6. The van der Waals surface area contributed by atoms with E-state index in [1.807, 2.05) is 0 Å². The van der Waals surface area contributed by atoms with Crippen LogP contribution in [0.1, 0.15) is 56.6 Å². The molecule has 3 aliphatic heterocycles. The highest BCUT2D eigenvalue weighted by molar-refractivity contribution is 5.73. The number of piperidine rings is 3. The highest BCUT2D eigenvalue weighted by Gasteiger charge is 2.38. The quantitative estimate of drug-likeness (QED) is 0.519. The smallest absolute Gasteiger partial charge is 0.489 e. The van der Waals surface area contributed by atoms with Gasteiger partial charge in [0.05, 0.1) is 0 Å². The number of halogens is 3. The first-order valence-electron chi connectivity index (χ1n) is 12.9. The molecular weight excluding hydrogens is 469 g/mol. The van der Waals surface area contributed by atoms with E-state index in [0.29, 0.717) is 12.0 Å². The number of benzene rings is 2. The number of aliphatic carboxylic acids is 1. The molecule has 8 heteroatoms. The average molecular weight is 505 g/mol. The highest BCUT2D eigenvalue weighted by atomic mass is 19.4. The van der Waals surface area contributed by atoms with Gasteiger partial charge in [-0.15, -0.1) is 0 Å². The van der Waals surface area contributed by atoms with Crippen LogP contribution in [0.5, 0.6) is 5.75 Å². The fraction of sp³-hybridized carbons (Fsp3) is 0.536. The molecule has 2 bridgehead atoms. The van der Waals surface area contributed by atoms with E-state index in [2.05, 4.69) is 53.4 Å². The van der Waals surface area contributed by atoms with E-state index < -0.39 is 12.1 Å². The normalized spacial score (nSPS) is 24.9. The highest BCUT2D eigenvalue weighted by Crippen LogP contribution is 2.34. The van der Waals surface area contributed by atoms with E-state index in [9.17, 15) is 13.2 Å². The maximum absolute atomic E-state index is 10.6. The molecular formula is C28H35F3N2O3. The monoisotopic (exact) mass is 504 g/mol. The van der Waals surface area contributed by atoms with E-state index in [1.54, 1.807) is 0 Å². The van der Waals surface area contributed by atoms with Crippen molar-refractivity contribution >= 4 is 5.97 Å². The molecule has 3 N–H and O–H groups in total. The zero-order valence-electron chi connectivity index (χ0n) is 20.4. The number of nitrogens with zero attached hydrogens (tertiary/aromatic N) is 1. The van der Waals surface area contributed by atoms with Gasteiger partial charge in [0, 0.05) is 12.6 Å². The molecule has 2 atom stereocenters. The van der Waals surface area contributed by atoms with Crippen molar-refractivity contribution in [1.29, 1.82) is 0 Å². The van der Waals surface area contributed by atoms with Gasteiger partial charge in [-0.3, -0.25) is 4.90 Å². The molecule has 2 unspecified atom stereocenters. The lowest BCUT2D eigenvalue weighted by Gasteiger charge is -2.44. The minimum atomic E-state index is -5.08. The molecule has 1 aliphatic carbocycles. The van der Waals surface area contributed by atoms with Crippen LogP contribution in [0.15, 0.2) is 48.5 Å². The van der Waals surface area contributed by atoms with Gasteiger partial charge in [0.1, 0.15) is 11.9 Å². The molecule has 4 fully saturated rings. The van der Waals surface area contributed by atoms with E-state index in [1.165, 1.54) is 74.7 Å². The third-order valence-electron chi connectivity index (χ3n) is 7.77. The van der Waals surface area contributed by atoms with Crippen molar-refractivity contribution in [2.75, 3.05) is 19.6 Å². The maximum atomic E-state index is 10.6. The number of rotatable bonds is 5. The second-order valence-corrected chi connectivity index (χ2v) is 10.2. The summed E-state index contributed by atoms with van der Waals surface area (Å²) < 4.78 is 38.1. The van der Waals surface area contributed by atoms with Gasteiger partial charge < -0.3 is 15.6 Å². The van der Waals surface area contributed by atoms with Gasteiger partial charge in [-0.1, -0.05) is 55.7 Å². The molecule has 3 heterocycles. The molecule has 196 valence electrons. The molecule has 2 aromatic carbocycles. The topological polar surface area (TPSA) is 75.8 Å². The third-order valence-corrected chi connectivity index (χ3v) is 7.77. The van der Waals surface area contributed by atoms with Crippen LogP contribution in [-0.2, 0) is 4.79 Å². The fourth-order valence-corrected chi connectivity index (χ4v) is 5.61. The maximum Gasteiger partial charge on any atom is 0.490 e. The number of fused-ring (bicyclic) bond motifs is 3. The van der Waals surface area contributed by atoms with Crippen LogP contribution in [0.25, 0.3) is 11.1 Å². The standard InChI is InChI=1S/C26H34N2O.C2HF3O2/c27-26(22-4-2-1-3-5-22)23-8-6-19(7-9-23)20-10-12-24(13-11-20)29-25-18-28-16-14-21(25)15-17-28;3-2(4,5)1(6)7/h6-13,21-22,25-26H,1-5,14-18,27H2;(H,6,7). The summed E-state index contributed by atoms with van der Waals surface area (Å²) in [5.41, 5.74) is 10.3. The molecule has 0 aromatic heterocycles. The van der Waals surface area contributed by atoms with E-state index in [4.69, 9.17) is 20.4 Å². The summed E-state index contributed by atoms with van der Waals surface area (Å²) in [5.74, 6) is -0.367. The fourth-order valence-electron chi connectivity index (χ4n) is 5.61. The van der Waals surface area contributed by atoms with Crippen LogP contribution in [0.4, 0.5) is 13.2 Å². The predicted molar refractivity (Wildman–Crippen MR) is 133 cm³/mol. The molecule has 4 aliphatic rings. The van der Waals surface area contributed by atoms with Crippen LogP contribution < -0.4 is 10.5 Å². The minimum Gasteiger partial charge on any atom is -0.489 e. The molecule has 36 heavy (non-hydrogen) atoms. The van der Waals surface area contributed by atoms with Crippen molar-refractivity contribution in [3.05, 3.63) is 54.1 Å². The number of nitrogens with two attached hydrogens (primary N) is 1. The van der Waals surface area contributed by atoms with Crippen molar-refractivity contribution < 1.29 is 27.8 Å². The summed E-state index contributed by atoms with van der Waals surface area (Å²) in [6, 6.07) is 17.7. The molecule has 0 amide bonds. The first kappa shape index (κ1) is 26.5. The Morgan fingerprint density at radius 2 is 1.44 bits per heavy atom. The van der Waals surface area contributed by atoms with Crippen molar-refractivity contribution in [3.8, 4) is 16.9 Å². The second-order valence-electron chi connectivity index (χ2n) is 10.2. The summed E-state index contributed by atoms with van der Waals surface area (Å²) in [5, 5.41) is 7.12. The Morgan fingerprint density at radius 1 is 0.917 bits per heavy atom. The Balaban J connectivity index is 0.000000384. The number of carboxylic acid groups (broad SMARTS) is 1. The lowest BCUT2D eigenvalue weighted by molar-refractivity contribution is -0.192. The first-order chi connectivity index (χ1) is 17.2. The van der Waals surface area contributed by atoms with Crippen LogP contribution in [0, 0.1) is 11.8 Å². The molecule has 5 nitrogen and oxygen atoms in total. The molecule has 1 saturated carbocycles. The predicted octanol–water partition coefficient (Wildman–Crippen LogP) is 6.04. The van der Waals surface area contributed by atoms with Gasteiger partial charge in [-0.25, -0.2) is 4.79 Å². The van der Waals surface area contributed by atoms with Gasteiger partial charge >= 0.3 is 12.1 Å². The molecule has 2 aromatic rings. The van der Waals surface area contributed by atoms with E-state index >= 15 is 0 Å². The first-order valence-corrected chi connectivity index (χ1v) is 12.9. The summed E-state index contributed by atoms with van der Waals surface area (Å²) in [7, 11) is 0. The van der Waals surface area contributed by atoms with Crippen LogP contribution in [0.2, 0.25) is 0 Å². The lowest BCUT2D eigenvalue weighted by Crippen LogP contribution is -2.52. The Morgan fingerprint density at radius 3 is 1.92 bits per heavy atom. The van der Waals surface area contributed by atoms with Crippen LogP contribution in [0.3, 0.4) is 0 Å². The zero-order chi connectivity index (χ0) is 25.7. The molecule has 0 spiro atoms. The van der Waals surface area contributed by atoms with E-state index in [0.717, 1.165) is 18.2 Å². The van der Waals surface area contributed by atoms with Crippen LogP contribution in [-0.4, -0.2) is 47.9 Å². The minimum absolute atomic E-state index is 0.182. The van der Waals surface area contributed by atoms with Crippen LogP contribution >= 0.6 is 0 Å². The summed E-state index contributed by atoms with van der Waals surface area (Å²) in [6.45, 7) is 3.60. The van der Waals surface area contributed by atoms with Gasteiger partial charge in [-0.2, -0.15) is 13.2 Å². The number of carbonyl (C=O) groups is 1. The van der Waals surface area contributed by atoms with Gasteiger partial charge in [0.15, 0.2) is 0 Å². The van der Waals surface area contributed by atoms with Crippen molar-refractivity contribution in [2.24, 2.45) is 17.6 Å². The summed E-state index contributed by atoms with van der Waals surface area (Å²) in [4.78, 5) is 11.4. The van der Waals surface area contributed by atoms with Crippen molar-refractivity contribution in [2.45, 2.75) is 63.3 Å². The van der Waals surface area contributed by atoms with Gasteiger partial charge in [0.2, 0.25) is 0 Å².